The highest BCUT2D eigenvalue weighted by molar-refractivity contribution is 5.69. The van der Waals surface area contributed by atoms with Crippen LogP contribution in [0.4, 0.5) is 13.2 Å². The molecule has 24 heavy (non-hydrogen) atoms. The number of ether oxygens (including phenoxy) is 1. The normalized spacial score (nSPS) is 10.3. The molecule has 0 spiro atoms. The molecule has 0 amide bonds. The molecule has 136 valence electrons. The Morgan fingerprint density at radius 2 is 1.42 bits per heavy atom. The van der Waals surface area contributed by atoms with Crippen molar-refractivity contribution in [1.82, 2.24) is 0 Å². The zero-order valence-corrected chi connectivity index (χ0v) is 14.4. The summed E-state index contributed by atoms with van der Waals surface area (Å²) in [6, 6.07) is 0. The maximum atomic E-state index is 11.8. The summed E-state index contributed by atoms with van der Waals surface area (Å²) in [6.45, 7) is 0.666. The highest BCUT2D eigenvalue weighted by Gasteiger charge is 2.29. The average molecular weight is 344 g/mol. The van der Waals surface area contributed by atoms with Crippen molar-refractivity contribution in [3.8, 4) is 23.7 Å². The monoisotopic (exact) mass is 344 g/mol. The van der Waals surface area contributed by atoms with Gasteiger partial charge < -0.3 is 4.74 Å². The lowest BCUT2D eigenvalue weighted by Crippen LogP contribution is -2.20. The maximum absolute atomic E-state index is 11.8. The molecule has 0 aliphatic carbocycles. The third kappa shape index (κ3) is 18.4. The van der Waals surface area contributed by atoms with Crippen LogP contribution < -0.4 is 0 Å². The number of hydrogen-bond donors (Lipinski definition) is 0. The van der Waals surface area contributed by atoms with E-state index in [4.69, 9.17) is 0 Å². The summed E-state index contributed by atoms with van der Waals surface area (Å²) in [7, 11) is 0. The quantitative estimate of drug-likeness (QED) is 0.285. The van der Waals surface area contributed by atoms with Crippen LogP contribution in [0.25, 0.3) is 0 Å². The molecule has 0 radical (unpaired) electrons. The molecule has 0 bridgehead atoms. The van der Waals surface area contributed by atoms with E-state index in [1.807, 2.05) is 0 Å². The van der Waals surface area contributed by atoms with E-state index >= 15 is 0 Å². The highest BCUT2D eigenvalue weighted by Crippen LogP contribution is 2.14. The van der Waals surface area contributed by atoms with E-state index in [1.165, 1.54) is 44.9 Å². The van der Waals surface area contributed by atoms with Crippen molar-refractivity contribution in [2.24, 2.45) is 0 Å². The number of rotatable bonds is 11. The molecule has 0 rings (SSSR count). The second kappa shape index (κ2) is 14.9. The number of alkyl halides is 3. The van der Waals surface area contributed by atoms with Crippen LogP contribution in [0.3, 0.4) is 0 Å². The fourth-order valence-corrected chi connectivity index (χ4v) is 1.96. The Balaban J connectivity index is 3.50. The van der Waals surface area contributed by atoms with Crippen LogP contribution in [0.1, 0.15) is 77.6 Å². The van der Waals surface area contributed by atoms with Gasteiger partial charge in [0, 0.05) is 12.8 Å². The second-order valence-electron chi connectivity index (χ2n) is 5.60. The third-order valence-corrected chi connectivity index (χ3v) is 3.25. The topological polar surface area (TPSA) is 26.3 Å². The molecule has 0 aliphatic rings. The Morgan fingerprint density at radius 1 is 0.875 bits per heavy atom. The van der Waals surface area contributed by atoms with E-state index < -0.39 is 18.8 Å². The molecule has 0 aromatic rings. The van der Waals surface area contributed by atoms with Gasteiger partial charge in [0.1, 0.15) is 0 Å². The first-order valence-corrected chi connectivity index (χ1v) is 8.64. The molecule has 0 fully saturated rings. The molecular weight excluding hydrogens is 317 g/mol. The lowest BCUT2D eigenvalue weighted by molar-refractivity contribution is -0.186. The van der Waals surface area contributed by atoms with Crippen molar-refractivity contribution in [2.45, 2.75) is 83.7 Å². The SMILES string of the molecule is CCCCCCCCCCC#CC#CCCC(=O)OCC(F)(F)F. The second-order valence-corrected chi connectivity index (χ2v) is 5.60. The minimum absolute atomic E-state index is 0.150. The first kappa shape index (κ1) is 22.4. The van der Waals surface area contributed by atoms with Gasteiger partial charge in [-0.15, -0.1) is 0 Å². The minimum atomic E-state index is -4.48. The Bertz CT molecular complexity index is 447. The molecule has 0 aromatic carbocycles. The van der Waals surface area contributed by atoms with Crippen LogP contribution in [0.5, 0.6) is 0 Å². The zero-order chi connectivity index (χ0) is 18.1. The number of hydrogen-bond acceptors (Lipinski definition) is 2. The molecule has 2 nitrogen and oxygen atoms in total. The third-order valence-electron chi connectivity index (χ3n) is 3.25. The predicted octanol–water partition coefficient (Wildman–Crippen LogP) is 5.41. The molecule has 0 atom stereocenters. The number of carbonyl (C=O) groups excluding carboxylic acids is 1. The van der Waals surface area contributed by atoms with Gasteiger partial charge in [0.25, 0.3) is 0 Å². The summed E-state index contributed by atoms with van der Waals surface area (Å²) in [4.78, 5) is 11.0. The Labute approximate surface area is 143 Å². The van der Waals surface area contributed by atoms with Gasteiger partial charge in [-0.1, -0.05) is 63.7 Å². The summed E-state index contributed by atoms with van der Waals surface area (Å²) in [5, 5.41) is 0. The molecule has 0 saturated heterocycles. The van der Waals surface area contributed by atoms with E-state index in [2.05, 4.69) is 35.3 Å². The Kier molecular flexibility index (Phi) is 13.9. The fourth-order valence-electron chi connectivity index (χ4n) is 1.96. The standard InChI is InChI=1S/C19H27F3O2/c1-2-3-4-5-6-7-8-9-10-11-12-13-14-15-16-18(23)24-17-19(20,21)22/h2-10,15-17H2,1H3. The van der Waals surface area contributed by atoms with Crippen molar-refractivity contribution in [1.29, 1.82) is 0 Å². The van der Waals surface area contributed by atoms with Gasteiger partial charge in [-0.2, -0.15) is 13.2 Å². The summed E-state index contributed by atoms with van der Waals surface area (Å²) in [5.41, 5.74) is 0. The van der Waals surface area contributed by atoms with Crippen molar-refractivity contribution in [2.75, 3.05) is 6.61 Å². The molecule has 0 unspecified atom stereocenters. The number of halogens is 3. The summed E-state index contributed by atoms with van der Waals surface area (Å²) >= 11 is 0. The van der Waals surface area contributed by atoms with Gasteiger partial charge in [-0.25, -0.2) is 0 Å². The lowest BCUT2D eigenvalue weighted by Gasteiger charge is -2.06. The highest BCUT2D eigenvalue weighted by atomic mass is 19.4. The largest absolute Gasteiger partial charge is 0.456 e. The van der Waals surface area contributed by atoms with Gasteiger partial charge in [-0.05, 0) is 18.3 Å². The van der Waals surface area contributed by atoms with E-state index in [0.29, 0.717) is 0 Å². The van der Waals surface area contributed by atoms with Crippen LogP contribution in [0, 0.1) is 23.7 Å². The molecule has 0 heterocycles. The minimum Gasteiger partial charge on any atom is -0.456 e. The first-order valence-electron chi connectivity index (χ1n) is 8.64. The van der Waals surface area contributed by atoms with Gasteiger partial charge in [0.05, 0.1) is 6.42 Å². The molecule has 0 aromatic heterocycles. The van der Waals surface area contributed by atoms with Crippen molar-refractivity contribution in [3.05, 3.63) is 0 Å². The van der Waals surface area contributed by atoms with E-state index in [9.17, 15) is 18.0 Å². The summed E-state index contributed by atoms with van der Waals surface area (Å²) in [5.74, 6) is 9.97. The van der Waals surface area contributed by atoms with Crippen molar-refractivity contribution < 1.29 is 22.7 Å². The van der Waals surface area contributed by atoms with Crippen molar-refractivity contribution in [3.63, 3.8) is 0 Å². The van der Waals surface area contributed by atoms with Gasteiger partial charge in [-0.3, -0.25) is 4.79 Å². The Hall–Kier alpha value is -1.62. The first-order chi connectivity index (χ1) is 11.5. The molecule has 0 aliphatic heterocycles. The van der Waals surface area contributed by atoms with E-state index in [1.54, 1.807) is 0 Å². The Morgan fingerprint density at radius 3 is 2.00 bits per heavy atom. The van der Waals surface area contributed by atoms with Crippen LogP contribution in [-0.4, -0.2) is 18.8 Å². The van der Waals surface area contributed by atoms with E-state index in [0.717, 1.165) is 12.8 Å². The number of carbonyl (C=O) groups is 1. The summed E-state index contributed by atoms with van der Waals surface area (Å²) < 4.78 is 39.5. The zero-order valence-electron chi connectivity index (χ0n) is 14.4. The van der Waals surface area contributed by atoms with Crippen LogP contribution in [-0.2, 0) is 9.53 Å². The van der Waals surface area contributed by atoms with Crippen LogP contribution in [0.15, 0.2) is 0 Å². The maximum Gasteiger partial charge on any atom is 0.422 e. The lowest BCUT2D eigenvalue weighted by atomic mass is 10.1. The van der Waals surface area contributed by atoms with Gasteiger partial charge in [0.15, 0.2) is 6.61 Å². The number of unbranched alkanes of at least 4 members (excludes halogenated alkanes) is 8. The van der Waals surface area contributed by atoms with Crippen molar-refractivity contribution >= 4 is 5.97 Å². The molecule has 5 heteroatoms. The van der Waals surface area contributed by atoms with Crippen LogP contribution in [0.2, 0.25) is 0 Å². The molecular formula is C19H27F3O2. The van der Waals surface area contributed by atoms with Crippen LogP contribution >= 0.6 is 0 Å². The fraction of sp³-hybridized carbons (Fsp3) is 0.737. The van der Waals surface area contributed by atoms with Gasteiger partial charge >= 0.3 is 12.1 Å². The summed E-state index contributed by atoms with van der Waals surface area (Å²) in [6.07, 6.45) is 6.34. The van der Waals surface area contributed by atoms with E-state index in [-0.39, 0.29) is 12.8 Å². The predicted molar refractivity (Wildman–Crippen MR) is 89.0 cm³/mol. The smallest absolute Gasteiger partial charge is 0.422 e. The molecule has 0 N–H and O–H groups in total. The number of esters is 1. The molecule has 0 saturated carbocycles. The van der Waals surface area contributed by atoms with Gasteiger partial charge in [0.2, 0.25) is 0 Å². The average Bonchev–Trinajstić information content (AvgIpc) is 2.52.